The maximum atomic E-state index is 11.7. The van der Waals surface area contributed by atoms with E-state index in [1.165, 1.54) is 6.42 Å². The lowest BCUT2D eigenvalue weighted by Gasteiger charge is -2.33. The van der Waals surface area contributed by atoms with Gasteiger partial charge in [-0.25, -0.2) is 3.53 Å². The van der Waals surface area contributed by atoms with E-state index in [1.807, 2.05) is 6.92 Å². The van der Waals surface area contributed by atoms with E-state index in [-0.39, 0.29) is 5.97 Å². The van der Waals surface area contributed by atoms with Crippen LogP contribution in [0.25, 0.3) is 0 Å². The molecule has 0 aromatic heterocycles. The molecule has 0 aromatic carbocycles. The molecule has 0 radical (unpaired) electrons. The molecule has 0 saturated heterocycles. The van der Waals surface area contributed by atoms with Gasteiger partial charge in [-0.05, 0) is 19.8 Å². The molecule has 0 heterocycles. The first-order chi connectivity index (χ1) is 6.25. The van der Waals surface area contributed by atoms with E-state index < -0.39 is 5.54 Å². The van der Waals surface area contributed by atoms with Gasteiger partial charge in [0, 0.05) is 22.9 Å². The number of carbonyl (C=O) groups is 1. The van der Waals surface area contributed by atoms with Gasteiger partial charge in [-0.15, -0.1) is 0 Å². The van der Waals surface area contributed by atoms with E-state index in [0.717, 1.165) is 25.7 Å². The van der Waals surface area contributed by atoms with E-state index in [9.17, 15) is 4.79 Å². The summed E-state index contributed by atoms with van der Waals surface area (Å²) in [6.45, 7) is 2.32. The summed E-state index contributed by atoms with van der Waals surface area (Å²) in [5.41, 5.74) is -0.394. The molecule has 1 rings (SSSR count). The van der Waals surface area contributed by atoms with Crippen LogP contribution in [-0.4, -0.2) is 18.1 Å². The quantitative estimate of drug-likeness (QED) is 0.493. The Kier molecular flexibility index (Phi) is 4.45. The van der Waals surface area contributed by atoms with E-state index in [2.05, 4.69) is 26.4 Å². The van der Waals surface area contributed by atoms with Crippen LogP contribution in [0.15, 0.2) is 0 Å². The highest BCUT2D eigenvalue weighted by molar-refractivity contribution is 14.1. The van der Waals surface area contributed by atoms with E-state index in [4.69, 9.17) is 4.74 Å². The van der Waals surface area contributed by atoms with Crippen molar-refractivity contribution in [2.75, 3.05) is 6.61 Å². The number of esters is 1. The molecule has 0 spiro atoms. The zero-order chi connectivity index (χ0) is 9.73. The van der Waals surface area contributed by atoms with E-state index in [0.29, 0.717) is 6.61 Å². The average Bonchev–Trinajstić information content (AvgIpc) is 2.19. The molecular formula is C9H16INO2. The summed E-state index contributed by atoms with van der Waals surface area (Å²) in [5, 5.41) is 0. The molecule has 76 valence electrons. The maximum Gasteiger partial charge on any atom is 0.327 e. The summed E-state index contributed by atoms with van der Waals surface area (Å²) in [5.74, 6) is -0.0795. The second-order valence-electron chi connectivity index (χ2n) is 3.46. The highest BCUT2D eigenvalue weighted by Crippen LogP contribution is 2.30. The van der Waals surface area contributed by atoms with Gasteiger partial charge in [0.05, 0.1) is 6.61 Å². The fourth-order valence-electron chi connectivity index (χ4n) is 1.76. The van der Waals surface area contributed by atoms with Gasteiger partial charge in [-0.3, -0.25) is 4.79 Å². The lowest BCUT2D eigenvalue weighted by Crippen LogP contribution is -2.50. The van der Waals surface area contributed by atoms with Gasteiger partial charge in [0.25, 0.3) is 0 Å². The molecule has 1 fully saturated rings. The van der Waals surface area contributed by atoms with Crippen molar-refractivity contribution in [3.05, 3.63) is 0 Å². The van der Waals surface area contributed by atoms with Crippen LogP contribution in [0.5, 0.6) is 0 Å². The average molecular weight is 297 g/mol. The van der Waals surface area contributed by atoms with Gasteiger partial charge in [0.2, 0.25) is 0 Å². The normalized spacial score (nSPS) is 21.1. The van der Waals surface area contributed by atoms with Crippen LogP contribution < -0.4 is 3.53 Å². The Morgan fingerprint density at radius 1 is 1.46 bits per heavy atom. The summed E-state index contributed by atoms with van der Waals surface area (Å²) >= 11 is 2.06. The smallest absolute Gasteiger partial charge is 0.327 e. The first-order valence-corrected chi connectivity index (χ1v) is 5.88. The van der Waals surface area contributed by atoms with Crippen molar-refractivity contribution in [1.29, 1.82) is 0 Å². The van der Waals surface area contributed by atoms with Crippen molar-refractivity contribution in [3.63, 3.8) is 0 Å². The summed E-state index contributed by atoms with van der Waals surface area (Å²) in [7, 11) is 0. The van der Waals surface area contributed by atoms with Crippen molar-refractivity contribution in [1.82, 2.24) is 3.53 Å². The lowest BCUT2D eigenvalue weighted by molar-refractivity contribution is -0.151. The van der Waals surface area contributed by atoms with Crippen LogP contribution in [0.3, 0.4) is 0 Å². The molecule has 0 bridgehead atoms. The molecule has 0 aromatic rings. The van der Waals surface area contributed by atoms with Crippen LogP contribution in [-0.2, 0) is 9.53 Å². The molecule has 4 heteroatoms. The topological polar surface area (TPSA) is 38.3 Å². The number of ether oxygens (including phenoxy) is 1. The van der Waals surface area contributed by atoms with Crippen LogP contribution >= 0.6 is 22.9 Å². The minimum absolute atomic E-state index is 0.0795. The molecule has 3 nitrogen and oxygen atoms in total. The third-order valence-electron chi connectivity index (χ3n) is 2.55. The molecule has 1 aliphatic carbocycles. The monoisotopic (exact) mass is 297 g/mol. The SMILES string of the molecule is CCOC(=O)C1(NI)CCCCC1. The van der Waals surface area contributed by atoms with Crippen LogP contribution in [0.1, 0.15) is 39.0 Å². The van der Waals surface area contributed by atoms with Gasteiger partial charge >= 0.3 is 5.97 Å². The maximum absolute atomic E-state index is 11.7. The van der Waals surface area contributed by atoms with Crippen LogP contribution in [0.2, 0.25) is 0 Å². The number of nitrogens with one attached hydrogen (secondary N) is 1. The number of hydrogen-bond acceptors (Lipinski definition) is 3. The van der Waals surface area contributed by atoms with Crippen molar-refractivity contribution in [2.24, 2.45) is 0 Å². The Morgan fingerprint density at radius 2 is 2.08 bits per heavy atom. The number of halogens is 1. The Balaban J connectivity index is 2.61. The number of carbonyl (C=O) groups excluding carboxylic acids is 1. The Hall–Kier alpha value is 0.160. The zero-order valence-electron chi connectivity index (χ0n) is 7.94. The molecule has 0 atom stereocenters. The molecule has 1 aliphatic rings. The van der Waals surface area contributed by atoms with Crippen LogP contribution in [0, 0.1) is 0 Å². The van der Waals surface area contributed by atoms with E-state index in [1.54, 1.807) is 0 Å². The predicted octanol–water partition coefficient (Wildman–Crippen LogP) is 2.19. The fraction of sp³-hybridized carbons (Fsp3) is 0.889. The highest BCUT2D eigenvalue weighted by Gasteiger charge is 2.39. The summed E-state index contributed by atoms with van der Waals surface area (Å²) in [6, 6.07) is 0. The predicted molar refractivity (Wildman–Crippen MR) is 59.6 cm³/mol. The second-order valence-corrected chi connectivity index (χ2v) is 4.00. The third-order valence-corrected chi connectivity index (χ3v) is 3.59. The van der Waals surface area contributed by atoms with E-state index >= 15 is 0 Å². The van der Waals surface area contributed by atoms with Crippen molar-refractivity contribution >= 4 is 28.8 Å². The summed E-state index contributed by atoms with van der Waals surface area (Å²) in [6.07, 6.45) is 5.30. The lowest BCUT2D eigenvalue weighted by atomic mass is 9.83. The molecule has 0 aliphatic heterocycles. The van der Waals surface area contributed by atoms with Crippen molar-refractivity contribution in [3.8, 4) is 0 Å². The molecular weight excluding hydrogens is 281 g/mol. The second kappa shape index (κ2) is 5.14. The Labute approximate surface area is 93.1 Å². The van der Waals surface area contributed by atoms with Crippen molar-refractivity contribution < 1.29 is 9.53 Å². The largest absolute Gasteiger partial charge is 0.465 e. The van der Waals surface area contributed by atoms with Gasteiger partial charge < -0.3 is 4.74 Å². The number of hydrogen-bond donors (Lipinski definition) is 1. The summed E-state index contributed by atoms with van der Waals surface area (Å²) < 4.78 is 8.17. The Bertz CT molecular complexity index is 178. The molecule has 0 unspecified atom stereocenters. The van der Waals surface area contributed by atoms with Gasteiger partial charge in [0.15, 0.2) is 0 Å². The van der Waals surface area contributed by atoms with Gasteiger partial charge in [-0.2, -0.15) is 0 Å². The van der Waals surface area contributed by atoms with Gasteiger partial charge in [-0.1, -0.05) is 19.3 Å². The molecule has 1 N–H and O–H groups in total. The highest BCUT2D eigenvalue weighted by atomic mass is 127. The van der Waals surface area contributed by atoms with Crippen LogP contribution in [0.4, 0.5) is 0 Å². The number of rotatable bonds is 3. The molecule has 0 amide bonds. The van der Waals surface area contributed by atoms with Crippen molar-refractivity contribution in [2.45, 2.75) is 44.6 Å². The molecule has 1 saturated carbocycles. The first-order valence-electron chi connectivity index (χ1n) is 4.80. The minimum Gasteiger partial charge on any atom is -0.465 e. The fourth-order valence-corrected chi connectivity index (χ4v) is 2.52. The third kappa shape index (κ3) is 2.56. The molecule has 13 heavy (non-hydrogen) atoms. The Morgan fingerprint density at radius 3 is 2.54 bits per heavy atom. The first kappa shape index (κ1) is 11.2. The standard InChI is InChI=1S/C9H16INO2/c1-2-13-8(12)9(11-10)6-4-3-5-7-9/h11H,2-7H2,1H3. The zero-order valence-corrected chi connectivity index (χ0v) is 10.1. The van der Waals surface area contributed by atoms with Gasteiger partial charge in [0.1, 0.15) is 5.54 Å². The minimum atomic E-state index is -0.394. The summed E-state index contributed by atoms with van der Waals surface area (Å²) in [4.78, 5) is 11.7.